The Balaban J connectivity index is 1.32. The fourth-order valence-corrected chi connectivity index (χ4v) is 3.76. The molecule has 2 heterocycles. The fraction of sp³-hybridized carbons (Fsp3) is 0.304. The van der Waals surface area contributed by atoms with Gasteiger partial charge in [-0.15, -0.1) is 0 Å². The van der Waals surface area contributed by atoms with E-state index in [2.05, 4.69) is 10.3 Å². The van der Waals surface area contributed by atoms with Crippen LogP contribution in [0.4, 0.5) is 0 Å². The van der Waals surface area contributed by atoms with Crippen molar-refractivity contribution in [3.8, 4) is 0 Å². The van der Waals surface area contributed by atoms with Crippen LogP contribution in [0.5, 0.6) is 0 Å². The number of amides is 2. The number of nitrogens with one attached hydrogen (secondary N) is 2. The molecule has 0 radical (unpaired) electrons. The predicted octanol–water partition coefficient (Wildman–Crippen LogP) is 3.65. The van der Waals surface area contributed by atoms with Crippen LogP contribution in [0.3, 0.4) is 0 Å². The van der Waals surface area contributed by atoms with Gasteiger partial charge in [0.25, 0.3) is 5.91 Å². The number of piperidine rings is 1. The van der Waals surface area contributed by atoms with Crippen molar-refractivity contribution >= 4 is 22.7 Å². The van der Waals surface area contributed by atoms with Crippen molar-refractivity contribution in [2.75, 3.05) is 13.1 Å². The van der Waals surface area contributed by atoms with Crippen molar-refractivity contribution in [2.24, 2.45) is 0 Å². The van der Waals surface area contributed by atoms with Crippen LogP contribution in [0.1, 0.15) is 40.7 Å². The molecule has 0 spiro atoms. The monoisotopic (exact) mass is 375 g/mol. The summed E-state index contributed by atoms with van der Waals surface area (Å²) in [6.45, 7) is 2.16. The van der Waals surface area contributed by atoms with Crippen LogP contribution in [0.25, 0.3) is 10.9 Å². The number of benzene rings is 2. The number of likely N-dealkylation sites (tertiary alicyclic amines) is 1. The van der Waals surface area contributed by atoms with Gasteiger partial charge in [-0.1, -0.05) is 30.3 Å². The van der Waals surface area contributed by atoms with E-state index in [0.717, 1.165) is 53.5 Å². The summed E-state index contributed by atoms with van der Waals surface area (Å²) in [4.78, 5) is 30.0. The van der Waals surface area contributed by atoms with Gasteiger partial charge in [-0.2, -0.15) is 0 Å². The average Bonchev–Trinajstić information content (AvgIpc) is 3.15. The third-order valence-electron chi connectivity index (χ3n) is 5.36. The number of rotatable bonds is 5. The number of para-hydroxylation sites is 1. The standard InChI is InChI=1S/C23H25N3O2/c27-22(14-19-16-24-21-7-3-2-6-20(19)21)25-15-17-8-10-18(11-9-17)23(28)26-12-4-1-5-13-26/h2-3,6-11,16,24H,1,4-5,12-15H2,(H,25,27). The first kappa shape index (κ1) is 18.3. The second-order valence-electron chi connectivity index (χ2n) is 7.36. The molecule has 4 rings (SSSR count). The molecule has 1 aliphatic rings. The number of carbonyl (C=O) groups is 2. The van der Waals surface area contributed by atoms with E-state index in [4.69, 9.17) is 0 Å². The largest absolute Gasteiger partial charge is 0.361 e. The van der Waals surface area contributed by atoms with Crippen LogP contribution in [0.15, 0.2) is 54.7 Å². The Kier molecular flexibility index (Phi) is 5.42. The Bertz CT molecular complexity index is 969. The summed E-state index contributed by atoms with van der Waals surface area (Å²) in [7, 11) is 0. The minimum absolute atomic E-state index is 0.0155. The molecule has 0 saturated carbocycles. The van der Waals surface area contributed by atoms with Gasteiger partial charge >= 0.3 is 0 Å². The third kappa shape index (κ3) is 4.09. The van der Waals surface area contributed by atoms with Crippen LogP contribution < -0.4 is 5.32 Å². The molecule has 0 aliphatic carbocycles. The first-order valence-electron chi connectivity index (χ1n) is 9.90. The fourth-order valence-electron chi connectivity index (χ4n) is 3.76. The lowest BCUT2D eigenvalue weighted by Crippen LogP contribution is -2.35. The zero-order valence-corrected chi connectivity index (χ0v) is 15.9. The van der Waals surface area contributed by atoms with Gasteiger partial charge in [-0.25, -0.2) is 0 Å². The van der Waals surface area contributed by atoms with Crippen molar-refractivity contribution in [3.05, 3.63) is 71.4 Å². The number of hydrogen-bond donors (Lipinski definition) is 2. The van der Waals surface area contributed by atoms with Gasteiger partial charge in [-0.05, 0) is 48.6 Å². The zero-order valence-electron chi connectivity index (χ0n) is 15.9. The number of aromatic nitrogens is 1. The molecule has 2 amide bonds. The van der Waals surface area contributed by atoms with Crippen molar-refractivity contribution in [1.29, 1.82) is 0 Å². The molecule has 144 valence electrons. The zero-order chi connectivity index (χ0) is 19.3. The second kappa shape index (κ2) is 8.30. The summed E-state index contributed by atoms with van der Waals surface area (Å²) in [5.41, 5.74) is 3.74. The number of hydrogen-bond acceptors (Lipinski definition) is 2. The van der Waals surface area contributed by atoms with E-state index in [-0.39, 0.29) is 11.8 Å². The lowest BCUT2D eigenvalue weighted by Gasteiger charge is -2.26. The number of nitrogens with zero attached hydrogens (tertiary/aromatic N) is 1. The van der Waals surface area contributed by atoms with Gasteiger partial charge in [-0.3, -0.25) is 9.59 Å². The van der Waals surface area contributed by atoms with Gasteiger partial charge in [0.2, 0.25) is 5.91 Å². The van der Waals surface area contributed by atoms with E-state index in [0.29, 0.717) is 13.0 Å². The molecule has 1 fully saturated rings. The lowest BCUT2D eigenvalue weighted by atomic mass is 10.1. The molecule has 5 heteroatoms. The van der Waals surface area contributed by atoms with Crippen molar-refractivity contribution < 1.29 is 9.59 Å². The molecule has 1 aliphatic heterocycles. The van der Waals surface area contributed by atoms with Gasteiger partial charge in [0.1, 0.15) is 0 Å². The molecule has 1 saturated heterocycles. The molecular formula is C23H25N3O2. The molecule has 5 nitrogen and oxygen atoms in total. The van der Waals surface area contributed by atoms with E-state index < -0.39 is 0 Å². The molecule has 3 aromatic rings. The Morgan fingerprint density at radius 3 is 2.50 bits per heavy atom. The van der Waals surface area contributed by atoms with Gasteiger partial charge in [0.05, 0.1) is 6.42 Å². The van der Waals surface area contributed by atoms with Gasteiger partial charge in [0.15, 0.2) is 0 Å². The van der Waals surface area contributed by atoms with Gasteiger partial charge < -0.3 is 15.2 Å². The van der Waals surface area contributed by atoms with E-state index in [1.54, 1.807) is 0 Å². The summed E-state index contributed by atoms with van der Waals surface area (Å²) < 4.78 is 0. The Morgan fingerprint density at radius 1 is 0.964 bits per heavy atom. The number of fused-ring (bicyclic) bond motifs is 1. The quantitative estimate of drug-likeness (QED) is 0.715. The van der Waals surface area contributed by atoms with Crippen LogP contribution in [-0.2, 0) is 17.8 Å². The second-order valence-corrected chi connectivity index (χ2v) is 7.36. The Labute approximate surface area is 164 Å². The summed E-state index contributed by atoms with van der Waals surface area (Å²) in [6.07, 6.45) is 5.63. The Hall–Kier alpha value is -3.08. The molecule has 2 N–H and O–H groups in total. The van der Waals surface area contributed by atoms with E-state index in [1.807, 2.05) is 59.6 Å². The van der Waals surface area contributed by atoms with E-state index in [9.17, 15) is 9.59 Å². The lowest BCUT2D eigenvalue weighted by molar-refractivity contribution is -0.120. The van der Waals surface area contributed by atoms with Crippen LogP contribution >= 0.6 is 0 Å². The smallest absolute Gasteiger partial charge is 0.253 e. The Morgan fingerprint density at radius 2 is 1.71 bits per heavy atom. The van der Waals surface area contributed by atoms with Crippen LogP contribution in [-0.4, -0.2) is 34.8 Å². The van der Waals surface area contributed by atoms with Crippen molar-refractivity contribution in [2.45, 2.75) is 32.2 Å². The van der Waals surface area contributed by atoms with Crippen LogP contribution in [0, 0.1) is 0 Å². The number of H-pyrrole nitrogens is 1. The van der Waals surface area contributed by atoms with Crippen molar-refractivity contribution in [3.63, 3.8) is 0 Å². The maximum atomic E-state index is 12.5. The highest BCUT2D eigenvalue weighted by atomic mass is 16.2. The molecule has 28 heavy (non-hydrogen) atoms. The maximum absolute atomic E-state index is 12.5. The number of carbonyl (C=O) groups excluding carboxylic acids is 2. The van der Waals surface area contributed by atoms with Crippen molar-refractivity contribution in [1.82, 2.24) is 15.2 Å². The first-order chi connectivity index (χ1) is 13.7. The van der Waals surface area contributed by atoms with Crippen LogP contribution in [0.2, 0.25) is 0 Å². The normalized spacial score (nSPS) is 14.2. The SMILES string of the molecule is O=C(Cc1c[nH]c2ccccc12)NCc1ccc(C(=O)N2CCCCC2)cc1. The maximum Gasteiger partial charge on any atom is 0.253 e. The highest BCUT2D eigenvalue weighted by Crippen LogP contribution is 2.18. The van der Waals surface area contributed by atoms with Gasteiger partial charge in [0, 0.05) is 42.3 Å². The topological polar surface area (TPSA) is 65.2 Å². The minimum Gasteiger partial charge on any atom is -0.361 e. The third-order valence-corrected chi connectivity index (χ3v) is 5.36. The summed E-state index contributed by atoms with van der Waals surface area (Å²) in [6, 6.07) is 15.5. The summed E-state index contributed by atoms with van der Waals surface area (Å²) in [5, 5.41) is 4.05. The predicted molar refractivity (Wildman–Crippen MR) is 110 cm³/mol. The molecule has 2 aromatic carbocycles. The molecular weight excluding hydrogens is 350 g/mol. The first-order valence-corrected chi connectivity index (χ1v) is 9.90. The average molecular weight is 375 g/mol. The molecule has 0 bridgehead atoms. The molecule has 0 unspecified atom stereocenters. The molecule has 1 aromatic heterocycles. The summed E-state index contributed by atoms with van der Waals surface area (Å²) in [5.74, 6) is 0.0906. The van der Waals surface area contributed by atoms with E-state index in [1.165, 1.54) is 6.42 Å². The minimum atomic E-state index is -0.0155. The highest BCUT2D eigenvalue weighted by Gasteiger charge is 2.17. The van der Waals surface area contributed by atoms with E-state index >= 15 is 0 Å². The number of aromatic amines is 1. The highest BCUT2D eigenvalue weighted by molar-refractivity contribution is 5.94. The summed E-state index contributed by atoms with van der Waals surface area (Å²) >= 11 is 0. The molecule has 0 atom stereocenters.